The average Bonchev–Trinajstić information content (AvgIpc) is 3.49. The second kappa shape index (κ2) is 12.1. The Hall–Kier alpha value is -6.90. The zero-order chi connectivity index (χ0) is 36.7. The third-order valence-electron chi connectivity index (χ3n) is 11.9. The molecule has 0 unspecified atom stereocenters. The number of benzene rings is 9. The Morgan fingerprint density at radius 1 is 0.345 bits per heavy atom. The molecule has 0 aliphatic heterocycles. The molecule has 2 nitrogen and oxygen atoms in total. The Kier molecular flexibility index (Phi) is 6.93. The number of hydrogen-bond donors (Lipinski definition) is 0. The molecule has 0 radical (unpaired) electrons. The van der Waals surface area contributed by atoms with Gasteiger partial charge in [-0.2, -0.15) is 0 Å². The molecule has 55 heavy (non-hydrogen) atoms. The summed E-state index contributed by atoms with van der Waals surface area (Å²) >= 11 is 0. The number of aromatic nitrogens is 2. The summed E-state index contributed by atoms with van der Waals surface area (Å²) in [4.78, 5) is 10.7. The van der Waals surface area contributed by atoms with E-state index < -0.39 is 0 Å². The lowest BCUT2D eigenvalue weighted by molar-refractivity contribution is 0.666. The smallest absolute Gasteiger partial charge is 0.161 e. The Labute approximate surface area is 320 Å². The van der Waals surface area contributed by atoms with E-state index in [1.165, 1.54) is 71.1 Å². The van der Waals surface area contributed by atoms with Crippen LogP contribution in [0.15, 0.2) is 182 Å². The Morgan fingerprint density at radius 3 is 1.49 bits per heavy atom. The van der Waals surface area contributed by atoms with Crippen molar-refractivity contribution in [3.8, 4) is 56.2 Å². The van der Waals surface area contributed by atoms with E-state index >= 15 is 0 Å². The zero-order valence-electron chi connectivity index (χ0n) is 30.7. The van der Waals surface area contributed by atoms with Gasteiger partial charge in [0, 0.05) is 22.1 Å². The highest BCUT2D eigenvalue weighted by atomic mass is 14.9. The van der Waals surface area contributed by atoms with Crippen molar-refractivity contribution in [1.29, 1.82) is 0 Å². The minimum absolute atomic E-state index is 0.131. The van der Waals surface area contributed by atoms with Crippen LogP contribution in [-0.2, 0) is 5.41 Å². The van der Waals surface area contributed by atoms with Crippen molar-refractivity contribution in [2.75, 3.05) is 0 Å². The van der Waals surface area contributed by atoms with E-state index in [0.717, 1.165) is 39.3 Å². The molecule has 2 heteroatoms. The van der Waals surface area contributed by atoms with Gasteiger partial charge in [-0.15, -0.1) is 0 Å². The van der Waals surface area contributed by atoms with E-state index in [9.17, 15) is 0 Å². The van der Waals surface area contributed by atoms with E-state index in [1.807, 2.05) is 0 Å². The first kappa shape index (κ1) is 31.6. The van der Waals surface area contributed by atoms with E-state index in [1.54, 1.807) is 0 Å². The van der Waals surface area contributed by atoms with Crippen LogP contribution in [0.4, 0.5) is 0 Å². The lowest BCUT2D eigenvalue weighted by Crippen LogP contribution is -2.15. The van der Waals surface area contributed by atoms with Crippen LogP contribution in [0.3, 0.4) is 0 Å². The van der Waals surface area contributed by atoms with Crippen LogP contribution in [0, 0.1) is 0 Å². The molecule has 1 aromatic heterocycles. The Bertz CT molecular complexity index is 3080. The Balaban J connectivity index is 1.15. The molecule has 11 rings (SSSR count). The van der Waals surface area contributed by atoms with Gasteiger partial charge in [0.2, 0.25) is 0 Å². The normalized spacial score (nSPS) is 13.1. The molecule has 0 amide bonds. The van der Waals surface area contributed by atoms with Gasteiger partial charge in [-0.1, -0.05) is 190 Å². The fraction of sp³-hybridized carbons (Fsp3) is 0.0566. The summed E-state index contributed by atoms with van der Waals surface area (Å²) in [5.41, 5.74) is 12.8. The van der Waals surface area contributed by atoms with Crippen LogP contribution in [0.1, 0.15) is 25.0 Å². The van der Waals surface area contributed by atoms with Crippen molar-refractivity contribution in [2.45, 2.75) is 19.3 Å². The summed E-state index contributed by atoms with van der Waals surface area (Å²) in [6, 6.07) is 65.9. The molecule has 9 aromatic carbocycles. The number of hydrogen-bond acceptors (Lipinski definition) is 2. The molecule has 0 fully saturated rings. The average molecular weight is 701 g/mol. The molecule has 1 aliphatic carbocycles. The summed E-state index contributed by atoms with van der Waals surface area (Å²) in [6.45, 7) is 4.76. The molecule has 1 aliphatic rings. The quantitative estimate of drug-likeness (QED) is 0.183. The van der Waals surface area contributed by atoms with Gasteiger partial charge in [0.15, 0.2) is 5.82 Å². The Morgan fingerprint density at radius 2 is 0.800 bits per heavy atom. The van der Waals surface area contributed by atoms with Gasteiger partial charge < -0.3 is 0 Å². The molecular formula is C53H36N2. The third kappa shape index (κ3) is 4.81. The van der Waals surface area contributed by atoms with Crippen molar-refractivity contribution in [3.05, 3.63) is 193 Å². The maximum atomic E-state index is 5.41. The van der Waals surface area contributed by atoms with E-state index in [-0.39, 0.29) is 5.41 Å². The van der Waals surface area contributed by atoms with Crippen LogP contribution in [-0.4, -0.2) is 9.97 Å². The molecule has 0 spiro atoms. The standard InChI is InChI=1S/C53H36N2/c1-53(2)47-27-13-25-44(50(47)46-29-28-35-16-5-8-21-38(35)51(46)53)41-30-31-43(40-23-10-9-22-39(40)41)49-32-48(42-24-11-17-33-14-3-6-19-36(33)42)54-52(55-49)45-26-12-18-34-15-4-7-20-37(34)45/h3-32H,1-2H3. The predicted molar refractivity (Wildman–Crippen MR) is 231 cm³/mol. The van der Waals surface area contributed by atoms with E-state index in [4.69, 9.17) is 9.97 Å². The van der Waals surface area contributed by atoms with Gasteiger partial charge in [0.25, 0.3) is 0 Å². The second-order valence-corrected chi connectivity index (χ2v) is 15.3. The minimum Gasteiger partial charge on any atom is -0.228 e. The van der Waals surface area contributed by atoms with Gasteiger partial charge >= 0.3 is 0 Å². The lowest BCUT2D eigenvalue weighted by atomic mass is 9.80. The summed E-state index contributed by atoms with van der Waals surface area (Å²) in [5, 5.41) is 9.66. The highest BCUT2D eigenvalue weighted by Gasteiger charge is 2.38. The monoisotopic (exact) mass is 700 g/mol. The summed E-state index contributed by atoms with van der Waals surface area (Å²) < 4.78 is 0. The first-order valence-electron chi connectivity index (χ1n) is 19.1. The molecule has 10 aromatic rings. The van der Waals surface area contributed by atoms with Crippen molar-refractivity contribution in [3.63, 3.8) is 0 Å². The van der Waals surface area contributed by atoms with Gasteiger partial charge in [-0.3, -0.25) is 0 Å². The van der Waals surface area contributed by atoms with Crippen LogP contribution in [0.2, 0.25) is 0 Å². The summed E-state index contributed by atoms with van der Waals surface area (Å²) in [7, 11) is 0. The second-order valence-electron chi connectivity index (χ2n) is 15.3. The maximum absolute atomic E-state index is 5.41. The topological polar surface area (TPSA) is 25.8 Å². The molecule has 0 saturated heterocycles. The van der Waals surface area contributed by atoms with Crippen LogP contribution < -0.4 is 0 Å². The highest BCUT2D eigenvalue weighted by molar-refractivity contribution is 6.10. The van der Waals surface area contributed by atoms with Gasteiger partial charge in [0.1, 0.15) is 0 Å². The SMILES string of the molecule is CC1(C)c2cccc(-c3ccc(-c4cc(-c5cccc6ccccc56)nc(-c5cccc6ccccc56)n4)c4ccccc34)c2-c2ccc3ccccc3c21. The summed E-state index contributed by atoms with van der Waals surface area (Å²) in [5.74, 6) is 0.720. The largest absolute Gasteiger partial charge is 0.228 e. The molecule has 258 valence electrons. The molecule has 0 atom stereocenters. The van der Waals surface area contributed by atoms with Gasteiger partial charge in [0.05, 0.1) is 11.4 Å². The zero-order valence-corrected chi connectivity index (χ0v) is 30.7. The van der Waals surface area contributed by atoms with Gasteiger partial charge in [-0.05, 0) is 82.5 Å². The first-order valence-corrected chi connectivity index (χ1v) is 19.1. The molecule has 0 saturated carbocycles. The van der Waals surface area contributed by atoms with Gasteiger partial charge in [-0.25, -0.2) is 9.97 Å². The molecule has 0 bridgehead atoms. The fourth-order valence-electron chi connectivity index (χ4n) is 9.35. The van der Waals surface area contributed by atoms with Crippen LogP contribution >= 0.6 is 0 Å². The summed E-state index contributed by atoms with van der Waals surface area (Å²) in [6.07, 6.45) is 0. The molecular weight excluding hydrogens is 665 g/mol. The lowest BCUT2D eigenvalue weighted by Gasteiger charge is -2.23. The minimum atomic E-state index is -0.131. The molecule has 0 N–H and O–H groups in total. The number of fused-ring (bicyclic) bond motifs is 8. The van der Waals surface area contributed by atoms with Crippen LogP contribution in [0.5, 0.6) is 0 Å². The number of nitrogens with zero attached hydrogens (tertiary/aromatic N) is 2. The highest BCUT2D eigenvalue weighted by Crippen LogP contribution is 2.55. The van der Waals surface area contributed by atoms with Crippen molar-refractivity contribution in [1.82, 2.24) is 9.97 Å². The van der Waals surface area contributed by atoms with E-state index in [0.29, 0.717) is 0 Å². The number of rotatable bonds is 4. The van der Waals surface area contributed by atoms with Crippen molar-refractivity contribution < 1.29 is 0 Å². The van der Waals surface area contributed by atoms with Crippen LogP contribution in [0.25, 0.3) is 99.2 Å². The first-order chi connectivity index (χ1) is 27.0. The third-order valence-corrected chi connectivity index (χ3v) is 11.9. The van der Waals surface area contributed by atoms with Crippen molar-refractivity contribution in [2.24, 2.45) is 0 Å². The maximum Gasteiger partial charge on any atom is 0.161 e. The molecule has 1 heterocycles. The fourth-order valence-corrected chi connectivity index (χ4v) is 9.35. The van der Waals surface area contributed by atoms with E-state index in [2.05, 4.69) is 196 Å². The predicted octanol–water partition coefficient (Wildman–Crippen LogP) is 14.1. The van der Waals surface area contributed by atoms with Crippen molar-refractivity contribution >= 4 is 43.1 Å².